The molecule has 0 saturated heterocycles. The van der Waals surface area contributed by atoms with E-state index < -0.39 is 9.84 Å². The number of benzene rings is 2. The molecule has 4 heteroatoms. The van der Waals surface area contributed by atoms with Crippen molar-refractivity contribution >= 4 is 9.84 Å². The summed E-state index contributed by atoms with van der Waals surface area (Å²) in [6, 6.07) is 14.0. The fraction of sp³-hybridized carbons (Fsp3) is 0.200. The van der Waals surface area contributed by atoms with E-state index in [9.17, 15) is 8.42 Å². The van der Waals surface area contributed by atoms with Gasteiger partial charge in [0, 0.05) is 0 Å². The topological polar surface area (TPSA) is 43.4 Å². The van der Waals surface area contributed by atoms with Crippen LogP contribution in [0.25, 0.3) is 0 Å². The van der Waals surface area contributed by atoms with Crippen LogP contribution in [0.2, 0.25) is 0 Å². The number of ether oxygens (including phenoxy) is 1. The Kier molecular flexibility index (Phi) is 3.90. The largest absolute Gasteiger partial charge is 0.497 e. The molecule has 0 aliphatic carbocycles. The van der Waals surface area contributed by atoms with Gasteiger partial charge in [0.1, 0.15) is 5.75 Å². The number of hydrogen-bond acceptors (Lipinski definition) is 3. The fourth-order valence-corrected chi connectivity index (χ4v) is 3.12. The van der Waals surface area contributed by atoms with Crippen LogP contribution < -0.4 is 4.74 Å². The van der Waals surface area contributed by atoms with Gasteiger partial charge in [-0.15, -0.1) is 0 Å². The molecule has 0 unspecified atom stereocenters. The van der Waals surface area contributed by atoms with Gasteiger partial charge in [-0.1, -0.05) is 29.8 Å². The third-order valence-electron chi connectivity index (χ3n) is 2.90. The van der Waals surface area contributed by atoms with Crippen molar-refractivity contribution in [1.82, 2.24) is 0 Å². The van der Waals surface area contributed by atoms with E-state index >= 15 is 0 Å². The first kappa shape index (κ1) is 13.6. The molecule has 0 aromatic heterocycles. The van der Waals surface area contributed by atoms with Crippen LogP contribution in [-0.4, -0.2) is 15.5 Å². The zero-order chi connectivity index (χ0) is 13.9. The Bertz CT molecular complexity index is 641. The Balaban J connectivity index is 2.23. The van der Waals surface area contributed by atoms with Crippen molar-refractivity contribution in [3.63, 3.8) is 0 Å². The van der Waals surface area contributed by atoms with E-state index in [1.807, 2.05) is 6.92 Å². The van der Waals surface area contributed by atoms with Crippen molar-refractivity contribution in [1.29, 1.82) is 0 Å². The van der Waals surface area contributed by atoms with Crippen LogP contribution >= 0.6 is 0 Å². The van der Waals surface area contributed by atoms with Crippen LogP contribution in [0.3, 0.4) is 0 Å². The monoisotopic (exact) mass is 276 g/mol. The van der Waals surface area contributed by atoms with E-state index in [2.05, 4.69) is 0 Å². The second-order valence-electron chi connectivity index (χ2n) is 4.42. The van der Waals surface area contributed by atoms with Crippen molar-refractivity contribution in [3.8, 4) is 5.75 Å². The number of aryl methyl sites for hydroxylation is 1. The van der Waals surface area contributed by atoms with Gasteiger partial charge in [0.15, 0.2) is 9.84 Å². The Morgan fingerprint density at radius 2 is 1.53 bits per heavy atom. The van der Waals surface area contributed by atoms with E-state index in [4.69, 9.17) is 4.74 Å². The van der Waals surface area contributed by atoms with E-state index in [1.165, 1.54) is 0 Å². The summed E-state index contributed by atoms with van der Waals surface area (Å²) in [5, 5.41) is 0. The number of sulfone groups is 1. The van der Waals surface area contributed by atoms with Gasteiger partial charge in [0.05, 0.1) is 17.8 Å². The lowest BCUT2D eigenvalue weighted by Crippen LogP contribution is -2.04. The minimum absolute atomic E-state index is 0.0000548. The van der Waals surface area contributed by atoms with E-state index in [-0.39, 0.29) is 5.75 Å². The average Bonchev–Trinajstić information content (AvgIpc) is 2.40. The predicted molar refractivity (Wildman–Crippen MR) is 75.1 cm³/mol. The molecule has 3 nitrogen and oxygen atoms in total. The molecule has 0 saturated carbocycles. The van der Waals surface area contributed by atoms with Gasteiger partial charge < -0.3 is 4.74 Å². The molecule has 2 rings (SSSR count). The van der Waals surface area contributed by atoms with Crippen molar-refractivity contribution in [3.05, 3.63) is 59.7 Å². The normalized spacial score (nSPS) is 11.3. The summed E-state index contributed by atoms with van der Waals surface area (Å²) in [5.41, 5.74) is 1.80. The molecular formula is C15H16O3S. The van der Waals surface area contributed by atoms with Gasteiger partial charge in [0.25, 0.3) is 0 Å². The van der Waals surface area contributed by atoms with Crippen LogP contribution in [-0.2, 0) is 15.6 Å². The van der Waals surface area contributed by atoms with Gasteiger partial charge in [-0.2, -0.15) is 0 Å². The zero-order valence-corrected chi connectivity index (χ0v) is 11.8. The molecule has 19 heavy (non-hydrogen) atoms. The van der Waals surface area contributed by atoms with Gasteiger partial charge in [-0.05, 0) is 36.8 Å². The average molecular weight is 276 g/mol. The number of hydrogen-bond donors (Lipinski definition) is 0. The first-order chi connectivity index (χ1) is 9.01. The van der Waals surface area contributed by atoms with Crippen molar-refractivity contribution in [2.75, 3.05) is 7.11 Å². The Hall–Kier alpha value is -1.81. The lowest BCUT2D eigenvalue weighted by atomic mass is 10.2. The second-order valence-corrected chi connectivity index (χ2v) is 6.41. The van der Waals surface area contributed by atoms with Crippen LogP contribution in [0.4, 0.5) is 0 Å². The summed E-state index contributed by atoms with van der Waals surface area (Å²) in [4.78, 5) is 0.355. The lowest BCUT2D eigenvalue weighted by molar-refractivity contribution is 0.414. The fourth-order valence-electron chi connectivity index (χ4n) is 1.77. The van der Waals surface area contributed by atoms with Gasteiger partial charge in [-0.3, -0.25) is 0 Å². The minimum Gasteiger partial charge on any atom is -0.497 e. The molecule has 0 radical (unpaired) electrons. The third kappa shape index (κ3) is 3.35. The maximum absolute atomic E-state index is 12.2. The number of methoxy groups -OCH3 is 1. The first-order valence-corrected chi connectivity index (χ1v) is 7.59. The standard InChI is InChI=1S/C15H16O3S/c1-12-3-9-15(10-4-12)19(16,17)11-13-5-7-14(18-2)8-6-13/h3-10H,11H2,1-2H3. The number of rotatable bonds is 4. The molecule has 2 aromatic rings. The van der Waals surface area contributed by atoms with E-state index in [0.29, 0.717) is 4.90 Å². The first-order valence-electron chi connectivity index (χ1n) is 5.93. The molecule has 0 fully saturated rings. The lowest BCUT2D eigenvalue weighted by Gasteiger charge is -2.06. The highest BCUT2D eigenvalue weighted by atomic mass is 32.2. The highest BCUT2D eigenvalue weighted by molar-refractivity contribution is 7.90. The van der Waals surface area contributed by atoms with Crippen molar-refractivity contribution < 1.29 is 13.2 Å². The summed E-state index contributed by atoms with van der Waals surface area (Å²) >= 11 is 0. The summed E-state index contributed by atoms with van der Waals surface area (Å²) in [5.74, 6) is 0.719. The van der Waals surface area contributed by atoms with Crippen molar-refractivity contribution in [2.45, 2.75) is 17.6 Å². The summed E-state index contributed by atoms with van der Waals surface area (Å²) in [7, 11) is -1.71. The quantitative estimate of drug-likeness (QED) is 0.862. The molecule has 0 spiro atoms. The van der Waals surface area contributed by atoms with Crippen LogP contribution in [0, 0.1) is 6.92 Å². The van der Waals surface area contributed by atoms with Crippen LogP contribution in [0.15, 0.2) is 53.4 Å². The summed E-state index contributed by atoms with van der Waals surface area (Å²) < 4.78 is 29.5. The Labute approximate surface area is 113 Å². The maximum Gasteiger partial charge on any atom is 0.182 e. The molecule has 0 aliphatic heterocycles. The van der Waals surface area contributed by atoms with Gasteiger partial charge in [0.2, 0.25) is 0 Å². The van der Waals surface area contributed by atoms with E-state index in [1.54, 1.807) is 55.6 Å². The van der Waals surface area contributed by atoms with Gasteiger partial charge in [-0.25, -0.2) is 8.42 Å². The van der Waals surface area contributed by atoms with Crippen LogP contribution in [0.1, 0.15) is 11.1 Å². The Morgan fingerprint density at radius 1 is 0.947 bits per heavy atom. The molecule has 0 N–H and O–H groups in total. The molecule has 0 amide bonds. The molecule has 0 aliphatic rings. The van der Waals surface area contributed by atoms with E-state index in [0.717, 1.165) is 16.9 Å². The molecule has 2 aromatic carbocycles. The summed E-state index contributed by atoms with van der Waals surface area (Å²) in [6.07, 6.45) is 0. The minimum atomic E-state index is -3.29. The molecular weight excluding hydrogens is 260 g/mol. The second kappa shape index (κ2) is 5.45. The van der Waals surface area contributed by atoms with Gasteiger partial charge >= 0.3 is 0 Å². The van der Waals surface area contributed by atoms with Crippen molar-refractivity contribution in [2.24, 2.45) is 0 Å². The maximum atomic E-state index is 12.2. The SMILES string of the molecule is COc1ccc(CS(=O)(=O)c2ccc(C)cc2)cc1. The highest BCUT2D eigenvalue weighted by Gasteiger charge is 2.14. The third-order valence-corrected chi connectivity index (χ3v) is 4.60. The molecule has 0 bridgehead atoms. The predicted octanol–water partition coefficient (Wildman–Crippen LogP) is 2.98. The smallest absolute Gasteiger partial charge is 0.182 e. The molecule has 0 atom stereocenters. The molecule has 100 valence electrons. The van der Waals surface area contributed by atoms with Crippen LogP contribution in [0.5, 0.6) is 5.75 Å². The summed E-state index contributed by atoms with van der Waals surface area (Å²) in [6.45, 7) is 1.93. The molecule has 0 heterocycles. The Morgan fingerprint density at radius 3 is 2.05 bits per heavy atom. The zero-order valence-electron chi connectivity index (χ0n) is 11.0. The highest BCUT2D eigenvalue weighted by Crippen LogP contribution is 2.19.